The molecule has 21 heavy (non-hydrogen) atoms. The smallest absolute Gasteiger partial charge is 0.228 e. The molecule has 1 aliphatic rings. The van der Waals surface area contributed by atoms with Crippen LogP contribution in [0.5, 0.6) is 0 Å². The molecule has 3 nitrogen and oxygen atoms in total. The van der Waals surface area contributed by atoms with Gasteiger partial charge in [0.2, 0.25) is 5.91 Å². The summed E-state index contributed by atoms with van der Waals surface area (Å²) < 4.78 is 0.950. The van der Waals surface area contributed by atoms with Crippen LogP contribution >= 0.6 is 27.5 Å². The number of amides is 1. The number of anilines is 1. The van der Waals surface area contributed by atoms with Crippen molar-refractivity contribution < 1.29 is 4.79 Å². The van der Waals surface area contributed by atoms with Crippen molar-refractivity contribution in [3.05, 3.63) is 62.1 Å². The molecule has 2 aromatic carbocycles. The Hall–Kier alpha value is -1.36. The van der Waals surface area contributed by atoms with Crippen molar-refractivity contribution in [3.63, 3.8) is 0 Å². The molecule has 5 heteroatoms. The van der Waals surface area contributed by atoms with Crippen LogP contribution in [0.15, 0.2) is 34.8 Å². The van der Waals surface area contributed by atoms with Crippen molar-refractivity contribution in [3.8, 4) is 0 Å². The zero-order valence-corrected chi connectivity index (χ0v) is 13.8. The van der Waals surface area contributed by atoms with E-state index in [1.807, 2.05) is 31.2 Å². The molecule has 0 bridgehead atoms. The second kappa shape index (κ2) is 5.44. The van der Waals surface area contributed by atoms with Crippen molar-refractivity contribution in [1.29, 1.82) is 0 Å². The highest BCUT2D eigenvalue weighted by atomic mass is 79.9. The monoisotopic (exact) mass is 364 g/mol. The third kappa shape index (κ3) is 2.71. The van der Waals surface area contributed by atoms with Gasteiger partial charge in [-0.2, -0.15) is 0 Å². The number of rotatable bonds is 2. The van der Waals surface area contributed by atoms with Gasteiger partial charge in [-0.25, -0.2) is 0 Å². The van der Waals surface area contributed by atoms with E-state index in [1.54, 1.807) is 6.07 Å². The summed E-state index contributed by atoms with van der Waals surface area (Å²) in [6.07, 6.45) is 0.376. The Kier molecular flexibility index (Phi) is 3.78. The van der Waals surface area contributed by atoms with Gasteiger partial charge in [0.15, 0.2) is 0 Å². The summed E-state index contributed by atoms with van der Waals surface area (Å²) in [7, 11) is 0. The van der Waals surface area contributed by atoms with E-state index in [2.05, 4.69) is 21.2 Å². The van der Waals surface area contributed by atoms with Crippen LogP contribution in [0.3, 0.4) is 0 Å². The predicted molar refractivity (Wildman–Crippen MR) is 88.7 cm³/mol. The average molecular weight is 366 g/mol. The topological polar surface area (TPSA) is 55.1 Å². The van der Waals surface area contributed by atoms with Crippen molar-refractivity contribution >= 4 is 39.1 Å². The Labute approximate surface area is 136 Å². The van der Waals surface area contributed by atoms with E-state index >= 15 is 0 Å². The second-order valence-electron chi connectivity index (χ2n) is 5.26. The van der Waals surface area contributed by atoms with Crippen LogP contribution in [-0.4, -0.2) is 5.91 Å². The summed E-state index contributed by atoms with van der Waals surface area (Å²) in [5.74, 6) is -0.0106. The first-order valence-corrected chi connectivity index (χ1v) is 7.76. The highest BCUT2D eigenvalue weighted by Gasteiger charge is 2.23. The van der Waals surface area contributed by atoms with Crippen LogP contribution in [0, 0.1) is 6.92 Å². The molecule has 1 heterocycles. The van der Waals surface area contributed by atoms with Gasteiger partial charge in [0.25, 0.3) is 0 Å². The van der Waals surface area contributed by atoms with E-state index in [0.29, 0.717) is 11.4 Å². The van der Waals surface area contributed by atoms with E-state index in [-0.39, 0.29) is 11.9 Å². The third-order valence-corrected chi connectivity index (χ3v) is 4.72. The quantitative estimate of drug-likeness (QED) is 0.846. The Morgan fingerprint density at radius 1 is 1.29 bits per heavy atom. The van der Waals surface area contributed by atoms with Crippen LogP contribution in [0.4, 0.5) is 5.69 Å². The first kappa shape index (κ1) is 14.6. The lowest BCUT2D eigenvalue weighted by molar-refractivity contribution is -0.115. The standard InChI is InChI=1S/C16H14BrClN2O/c1-8-2-3-12(17)10(4-8)16(19)11-5-9-6-15(21)20-14(9)7-13(11)18/h2-5,7,16H,6,19H2,1H3,(H,20,21). The normalized spacial score (nSPS) is 14.8. The summed E-state index contributed by atoms with van der Waals surface area (Å²) in [5, 5.41) is 3.36. The zero-order chi connectivity index (χ0) is 15.1. The number of benzene rings is 2. The number of nitrogens with one attached hydrogen (secondary N) is 1. The highest BCUT2D eigenvalue weighted by molar-refractivity contribution is 9.10. The molecule has 0 radical (unpaired) electrons. The van der Waals surface area contributed by atoms with Crippen molar-refractivity contribution in [2.75, 3.05) is 5.32 Å². The molecule has 0 aliphatic carbocycles. The minimum atomic E-state index is -0.340. The number of carbonyl (C=O) groups is 1. The van der Waals surface area contributed by atoms with Crippen LogP contribution < -0.4 is 11.1 Å². The SMILES string of the molecule is Cc1ccc(Br)c(C(N)c2cc3c(cc2Cl)NC(=O)C3)c1. The van der Waals surface area contributed by atoms with E-state index in [1.165, 1.54) is 0 Å². The maximum absolute atomic E-state index is 11.5. The van der Waals surface area contributed by atoms with Gasteiger partial charge in [0.1, 0.15) is 0 Å². The summed E-state index contributed by atoms with van der Waals surface area (Å²) >= 11 is 9.88. The molecule has 1 unspecified atom stereocenters. The van der Waals surface area contributed by atoms with E-state index in [0.717, 1.165) is 32.4 Å². The number of nitrogens with two attached hydrogens (primary N) is 1. The van der Waals surface area contributed by atoms with Gasteiger partial charge in [-0.15, -0.1) is 0 Å². The van der Waals surface area contributed by atoms with Crippen molar-refractivity contribution in [2.45, 2.75) is 19.4 Å². The molecule has 0 spiro atoms. The lowest BCUT2D eigenvalue weighted by atomic mass is 9.96. The second-order valence-corrected chi connectivity index (χ2v) is 6.52. The van der Waals surface area contributed by atoms with Crippen LogP contribution in [0.25, 0.3) is 0 Å². The summed E-state index contributed by atoms with van der Waals surface area (Å²) in [6, 6.07) is 9.41. The molecule has 3 rings (SSSR count). The summed E-state index contributed by atoms with van der Waals surface area (Å²) in [5.41, 5.74) is 11.1. The summed E-state index contributed by atoms with van der Waals surface area (Å²) in [6.45, 7) is 2.02. The van der Waals surface area contributed by atoms with E-state index < -0.39 is 0 Å². The Balaban J connectivity index is 2.06. The Morgan fingerprint density at radius 3 is 2.81 bits per heavy atom. The van der Waals surface area contributed by atoms with Crippen LogP contribution in [0.1, 0.15) is 28.3 Å². The first-order chi connectivity index (χ1) is 9.95. The lowest BCUT2D eigenvalue weighted by Gasteiger charge is -2.17. The van der Waals surface area contributed by atoms with Gasteiger partial charge < -0.3 is 11.1 Å². The van der Waals surface area contributed by atoms with Gasteiger partial charge >= 0.3 is 0 Å². The third-order valence-electron chi connectivity index (χ3n) is 3.67. The lowest BCUT2D eigenvalue weighted by Crippen LogP contribution is -2.13. The number of halogens is 2. The maximum atomic E-state index is 11.5. The van der Waals surface area contributed by atoms with Crippen molar-refractivity contribution in [1.82, 2.24) is 0 Å². The Morgan fingerprint density at radius 2 is 2.05 bits per heavy atom. The fourth-order valence-corrected chi connectivity index (χ4v) is 3.35. The molecule has 0 saturated carbocycles. The molecular weight excluding hydrogens is 352 g/mol. The maximum Gasteiger partial charge on any atom is 0.228 e. The average Bonchev–Trinajstić information content (AvgIpc) is 2.79. The van der Waals surface area contributed by atoms with Gasteiger partial charge in [-0.05, 0) is 41.8 Å². The van der Waals surface area contributed by atoms with E-state index in [4.69, 9.17) is 17.3 Å². The zero-order valence-electron chi connectivity index (χ0n) is 11.4. The minimum Gasteiger partial charge on any atom is -0.325 e. The molecule has 1 aliphatic heterocycles. The molecule has 3 N–H and O–H groups in total. The fraction of sp³-hybridized carbons (Fsp3) is 0.188. The first-order valence-electron chi connectivity index (χ1n) is 6.59. The number of fused-ring (bicyclic) bond motifs is 1. The Bertz CT molecular complexity index is 745. The molecule has 2 aromatic rings. The van der Waals surface area contributed by atoms with Gasteiger partial charge in [-0.1, -0.05) is 45.2 Å². The highest BCUT2D eigenvalue weighted by Crippen LogP contribution is 2.36. The fourth-order valence-electron chi connectivity index (χ4n) is 2.57. The molecule has 0 saturated heterocycles. The molecule has 108 valence electrons. The predicted octanol–water partition coefficient (Wildman–Crippen LogP) is 3.95. The number of hydrogen-bond donors (Lipinski definition) is 2. The van der Waals surface area contributed by atoms with Gasteiger partial charge in [0, 0.05) is 15.2 Å². The van der Waals surface area contributed by atoms with Gasteiger partial charge in [-0.3, -0.25) is 4.79 Å². The van der Waals surface area contributed by atoms with Crippen LogP contribution in [-0.2, 0) is 11.2 Å². The van der Waals surface area contributed by atoms with Crippen molar-refractivity contribution in [2.24, 2.45) is 5.73 Å². The summed E-state index contributed by atoms with van der Waals surface area (Å²) in [4.78, 5) is 11.5. The van der Waals surface area contributed by atoms with Crippen LogP contribution in [0.2, 0.25) is 5.02 Å². The molecule has 1 atom stereocenters. The van der Waals surface area contributed by atoms with E-state index in [9.17, 15) is 4.79 Å². The molecule has 0 fully saturated rings. The number of hydrogen-bond acceptors (Lipinski definition) is 2. The molecular formula is C16H14BrClN2O. The minimum absolute atomic E-state index is 0.0106. The number of carbonyl (C=O) groups excluding carboxylic acids is 1. The molecule has 1 amide bonds. The van der Waals surface area contributed by atoms with Gasteiger partial charge in [0.05, 0.1) is 12.5 Å². The molecule has 0 aromatic heterocycles. The largest absolute Gasteiger partial charge is 0.325 e. The number of aryl methyl sites for hydroxylation is 1.